The minimum atomic E-state index is 0. The Morgan fingerprint density at radius 3 is 1.70 bits per heavy atom. The van der Waals surface area contributed by atoms with Crippen LogP contribution in [-0.4, -0.2) is 26.2 Å². The molecule has 0 radical (unpaired) electrons. The van der Waals surface area contributed by atoms with E-state index in [4.69, 9.17) is 0 Å². The Morgan fingerprint density at radius 1 is 0.900 bits per heavy atom. The number of nitrogens with one attached hydrogen (secondary N) is 2. The Hall–Kier alpha value is 0.500. The average Bonchev–Trinajstić information content (AvgIpc) is 2.07. The molecule has 2 fully saturated rings. The van der Waals surface area contributed by atoms with Crippen LogP contribution in [0.5, 0.6) is 0 Å². The van der Waals surface area contributed by atoms with Gasteiger partial charge in [0.15, 0.2) is 0 Å². The van der Waals surface area contributed by atoms with Crippen LogP contribution in [0.3, 0.4) is 0 Å². The monoisotopic (exact) mass is 184 g/mol. The van der Waals surface area contributed by atoms with Gasteiger partial charge in [-0.1, -0.05) is 0 Å². The molecule has 62 valence electrons. The van der Waals surface area contributed by atoms with Crippen LogP contribution < -0.4 is 10.6 Å². The van der Waals surface area contributed by atoms with Gasteiger partial charge in [0.05, 0.1) is 0 Å². The Balaban J connectivity index is 0.000000405. The molecule has 0 atom stereocenters. The summed E-state index contributed by atoms with van der Waals surface area (Å²) in [6, 6.07) is 0. The zero-order valence-corrected chi connectivity index (χ0v) is 7.49. The highest BCUT2D eigenvalue weighted by molar-refractivity contribution is 5.85. The molecule has 0 bridgehead atoms. The van der Waals surface area contributed by atoms with E-state index in [1.807, 2.05) is 0 Å². The van der Waals surface area contributed by atoms with E-state index in [1.165, 1.54) is 32.6 Å². The van der Waals surface area contributed by atoms with Crippen LogP contribution in [0, 0.1) is 5.41 Å². The van der Waals surface area contributed by atoms with Gasteiger partial charge in [0, 0.05) is 25.0 Å². The van der Waals surface area contributed by atoms with Crippen molar-refractivity contribution >= 4 is 24.8 Å². The molecule has 10 heavy (non-hydrogen) atoms. The highest BCUT2D eigenvalue weighted by Gasteiger charge is 2.38. The molecule has 0 aromatic heterocycles. The predicted octanol–water partition coefficient (Wildman–Crippen LogP) is 0.413. The van der Waals surface area contributed by atoms with Crippen LogP contribution >= 0.6 is 24.8 Å². The highest BCUT2D eigenvalue weighted by atomic mass is 35.5. The van der Waals surface area contributed by atoms with Crippen molar-refractivity contribution in [1.82, 2.24) is 10.6 Å². The van der Waals surface area contributed by atoms with Crippen LogP contribution in [0.1, 0.15) is 6.42 Å². The summed E-state index contributed by atoms with van der Waals surface area (Å²) in [4.78, 5) is 0. The molecular formula is C6H14Cl2N2. The van der Waals surface area contributed by atoms with Crippen LogP contribution in [0.25, 0.3) is 0 Å². The lowest BCUT2D eigenvalue weighted by Gasteiger charge is -2.38. The summed E-state index contributed by atoms with van der Waals surface area (Å²) in [6.07, 6.45) is 1.39. The van der Waals surface area contributed by atoms with E-state index >= 15 is 0 Å². The molecule has 4 heteroatoms. The van der Waals surface area contributed by atoms with E-state index < -0.39 is 0 Å². The van der Waals surface area contributed by atoms with Crippen molar-refractivity contribution in [2.45, 2.75) is 6.42 Å². The topological polar surface area (TPSA) is 24.1 Å². The first-order valence-electron chi connectivity index (χ1n) is 3.33. The molecule has 2 aliphatic heterocycles. The molecule has 2 rings (SSSR count). The maximum atomic E-state index is 3.38. The zero-order chi connectivity index (χ0) is 5.45. The van der Waals surface area contributed by atoms with Gasteiger partial charge in [-0.05, 0) is 13.0 Å². The molecule has 2 heterocycles. The fourth-order valence-electron chi connectivity index (χ4n) is 1.58. The van der Waals surface area contributed by atoms with Crippen LogP contribution in [0.15, 0.2) is 0 Å². The highest BCUT2D eigenvalue weighted by Crippen LogP contribution is 2.28. The van der Waals surface area contributed by atoms with Gasteiger partial charge in [0.25, 0.3) is 0 Å². The number of halogens is 2. The van der Waals surface area contributed by atoms with E-state index in [0.29, 0.717) is 5.41 Å². The summed E-state index contributed by atoms with van der Waals surface area (Å²) in [5, 5.41) is 6.68. The molecule has 2 aliphatic rings. The molecule has 2 saturated heterocycles. The minimum absolute atomic E-state index is 0. The predicted molar refractivity (Wildman–Crippen MR) is 47.3 cm³/mol. The smallest absolute Gasteiger partial charge is 0.00892 e. The SMILES string of the molecule is C1CC2(CN1)CNC2.Cl.Cl. The summed E-state index contributed by atoms with van der Waals surface area (Å²) in [5.74, 6) is 0. The fourth-order valence-corrected chi connectivity index (χ4v) is 1.58. The standard InChI is InChI=1S/C6H12N2.2ClH/c1-2-7-3-6(1)4-8-5-6;;/h7-8H,1-5H2;2*1H. The molecule has 0 aromatic carbocycles. The van der Waals surface area contributed by atoms with Gasteiger partial charge < -0.3 is 10.6 Å². The van der Waals surface area contributed by atoms with Gasteiger partial charge in [-0.15, -0.1) is 24.8 Å². The quantitative estimate of drug-likeness (QED) is 0.571. The summed E-state index contributed by atoms with van der Waals surface area (Å²) >= 11 is 0. The van der Waals surface area contributed by atoms with Crippen molar-refractivity contribution in [3.63, 3.8) is 0 Å². The molecule has 0 amide bonds. The third-order valence-electron chi connectivity index (χ3n) is 2.33. The summed E-state index contributed by atoms with van der Waals surface area (Å²) in [5.41, 5.74) is 0.694. The van der Waals surface area contributed by atoms with Crippen LogP contribution in [-0.2, 0) is 0 Å². The molecule has 0 unspecified atom stereocenters. The molecule has 2 nitrogen and oxygen atoms in total. The van der Waals surface area contributed by atoms with Crippen molar-refractivity contribution in [1.29, 1.82) is 0 Å². The summed E-state index contributed by atoms with van der Waals surface area (Å²) in [7, 11) is 0. The Bertz CT molecular complexity index is 95.9. The second-order valence-corrected chi connectivity index (χ2v) is 3.03. The zero-order valence-electron chi connectivity index (χ0n) is 5.85. The Morgan fingerprint density at radius 2 is 1.50 bits per heavy atom. The maximum absolute atomic E-state index is 3.38. The third kappa shape index (κ3) is 1.56. The molecule has 0 aliphatic carbocycles. The van der Waals surface area contributed by atoms with E-state index in [9.17, 15) is 0 Å². The summed E-state index contributed by atoms with van der Waals surface area (Å²) in [6.45, 7) is 4.99. The second-order valence-electron chi connectivity index (χ2n) is 3.03. The normalized spacial score (nSPS) is 26.4. The van der Waals surface area contributed by atoms with Crippen molar-refractivity contribution in [3.05, 3.63) is 0 Å². The minimum Gasteiger partial charge on any atom is -0.316 e. The molecule has 2 N–H and O–H groups in total. The van der Waals surface area contributed by atoms with Gasteiger partial charge in [0.1, 0.15) is 0 Å². The molecule has 0 aromatic rings. The van der Waals surface area contributed by atoms with Crippen molar-refractivity contribution < 1.29 is 0 Å². The first-order valence-corrected chi connectivity index (χ1v) is 3.33. The van der Waals surface area contributed by atoms with Crippen molar-refractivity contribution in [2.75, 3.05) is 26.2 Å². The van der Waals surface area contributed by atoms with Gasteiger partial charge >= 0.3 is 0 Å². The maximum Gasteiger partial charge on any atom is 0.00892 e. The lowest BCUT2D eigenvalue weighted by Crippen LogP contribution is -2.54. The van der Waals surface area contributed by atoms with Gasteiger partial charge in [0.2, 0.25) is 0 Å². The van der Waals surface area contributed by atoms with E-state index in [2.05, 4.69) is 10.6 Å². The Labute approximate surface area is 74.0 Å². The third-order valence-corrected chi connectivity index (χ3v) is 2.33. The largest absolute Gasteiger partial charge is 0.316 e. The number of hydrogen-bond donors (Lipinski definition) is 2. The van der Waals surface area contributed by atoms with Gasteiger partial charge in [-0.2, -0.15) is 0 Å². The van der Waals surface area contributed by atoms with E-state index in [-0.39, 0.29) is 24.8 Å². The lowest BCUT2D eigenvalue weighted by molar-refractivity contribution is 0.197. The first kappa shape index (κ1) is 10.5. The first-order chi connectivity index (χ1) is 3.91. The van der Waals surface area contributed by atoms with E-state index in [0.717, 1.165) is 0 Å². The number of hydrogen-bond acceptors (Lipinski definition) is 2. The van der Waals surface area contributed by atoms with Crippen molar-refractivity contribution in [2.24, 2.45) is 5.41 Å². The van der Waals surface area contributed by atoms with Crippen molar-refractivity contribution in [3.8, 4) is 0 Å². The fraction of sp³-hybridized carbons (Fsp3) is 1.00. The summed E-state index contributed by atoms with van der Waals surface area (Å²) < 4.78 is 0. The average molecular weight is 185 g/mol. The molecular weight excluding hydrogens is 171 g/mol. The molecule has 0 saturated carbocycles. The molecule has 1 spiro atoms. The second kappa shape index (κ2) is 3.77. The van der Waals surface area contributed by atoms with E-state index in [1.54, 1.807) is 0 Å². The van der Waals surface area contributed by atoms with Crippen LogP contribution in [0.2, 0.25) is 0 Å². The number of rotatable bonds is 0. The van der Waals surface area contributed by atoms with Gasteiger partial charge in [-0.3, -0.25) is 0 Å². The van der Waals surface area contributed by atoms with Crippen LogP contribution in [0.4, 0.5) is 0 Å². The van der Waals surface area contributed by atoms with Gasteiger partial charge in [-0.25, -0.2) is 0 Å². The lowest BCUT2D eigenvalue weighted by atomic mass is 9.81. The Kier molecular flexibility index (Phi) is 3.95.